The van der Waals surface area contributed by atoms with Crippen LogP contribution in [0.25, 0.3) is 0 Å². The first-order chi connectivity index (χ1) is 9.13. The van der Waals surface area contributed by atoms with Crippen molar-refractivity contribution >= 4 is 5.91 Å². The Hall–Kier alpha value is -1.39. The summed E-state index contributed by atoms with van der Waals surface area (Å²) in [5, 5.41) is 11.6. The van der Waals surface area contributed by atoms with Gasteiger partial charge in [0.15, 0.2) is 0 Å². The smallest absolute Gasteiger partial charge is 0.249 e. The summed E-state index contributed by atoms with van der Waals surface area (Å²) in [5.41, 5.74) is 1.05. The van der Waals surface area contributed by atoms with E-state index in [2.05, 4.69) is 5.32 Å². The Morgan fingerprint density at radius 2 is 2.00 bits per heavy atom. The number of hydrogen-bond acceptors (Lipinski definition) is 3. The minimum atomic E-state index is -0.475. The number of amides is 1. The van der Waals surface area contributed by atoms with Gasteiger partial charge in [0.2, 0.25) is 5.91 Å². The van der Waals surface area contributed by atoms with Crippen LogP contribution in [0, 0.1) is 0 Å². The molecule has 1 rings (SSSR count). The number of hydrogen-bond donors (Lipinski definition) is 2. The lowest BCUT2D eigenvalue weighted by molar-refractivity contribution is -0.133. The van der Waals surface area contributed by atoms with Gasteiger partial charge >= 0.3 is 0 Å². The monoisotopic (exact) mass is 265 g/mol. The lowest BCUT2D eigenvalue weighted by Gasteiger charge is -2.17. The van der Waals surface area contributed by atoms with Crippen molar-refractivity contribution in [3.8, 4) is 0 Å². The zero-order valence-electron chi connectivity index (χ0n) is 11.6. The number of aliphatic hydroxyl groups is 1. The van der Waals surface area contributed by atoms with Gasteiger partial charge in [-0.1, -0.05) is 30.3 Å². The third-order valence-electron chi connectivity index (χ3n) is 2.90. The molecule has 0 aliphatic heterocycles. The van der Waals surface area contributed by atoms with Crippen LogP contribution >= 0.6 is 0 Å². The molecule has 1 amide bonds. The van der Waals surface area contributed by atoms with E-state index in [4.69, 9.17) is 9.84 Å². The fourth-order valence-corrected chi connectivity index (χ4v) is 1.70. The molecule has 0 saturated carbocycles. The van der Waals surface area contributed by atoms with Gasteiger partial charge in [0, 0.05) is 12.6 Å². The predicted molar refractivity (Wildman–Crippen MR) is 74.6 cm³/mol. The van der Waals surface area contributed by atoms with Gasteiger partial charge in [0.25, 0.3) is 0 Å². The molecule has 1 aromatic carbocycles. The van der Waals surface area contributed by atoms with Gasteiger partial charge in [0.1, 0.15) is 6.10 Å². The summed E-state index contributed by atoms with van der Waals surface area (Å²) in [7, 11) is 0. The Labute approximate surface area is 114 Å². The third-order valence-corrected chi connectivity index (χ3v) is 2.90. The van der Waals surface area contributed by atoms with E-state index in [1.54, 1.807) is 6.92 Å². The average Bonchev–Trinajstić information content (AvgIpc) is 2.43. The molecule has 106 valence electrons. The first-order valence-corrected chi connectivity index (χ1v) is 6.70. The van der Waals surface area contributed by atoms with Crippen molar-refractivity contribution in [1.82, 2.24) is 5.32 Å². The molecule has 0 bridgehead atoms. The lowest BCUT2D eigenvalue weighted by atomic mass is 10.2. The number of nitrogens with one attached hydrogen (secondary N) is 1. The maximum absolute atomic E-state index is 11.8. The lowest BCUT2D eigenvalue weighted by Crippen LogP contribution is -2.40. The average molecular weight is 265 g/mol. The molecule has 19 heavy (non-hydrogen) atoms. The first-order valence-electron chi connectivity index (χ1n) is 6.70. The summed E-state index contributed by atoms with van der Waals surface area (Å²) in [5.74, 6) is -0.110. The molecule has 2 unspecified atom stereocenters. The second-order valence-electron chi connectivity index (χ2n) is 4.71. The van der Waals surface area contributed by atoms with E-state index in [1.165, 1.54) is 0 Å². The van der Waals surface area contributed by atoms with Crippen LogP contribution in [0.2, 0.25) is 0 Å². The van der Waals surface area contributed by atoms with Crippen molar-refractivity contribution in [2.24, 2.45) is 0 Å². The standard InChI is InChI=1S/C15H23NO3/c1-12(7-6-10-17)16-15(18)13(2)19-11-14-8-4-3-5-9-14/h3-5,8-9,12-13,17H,6-7,10-11H2,1-2H3,(H,16,18). The van der Waals surface area contributed by atoms with Crippen molar-refractivity contribution in [2.75, 3.05) is 6.61 Å². The molecule has 0 aliphatic carbocycles. The number of rotatable bonds is 8. The summed E-state index contributed by atoms with van der Waals surface area (Å²) in [4.78, 5) is 11.8. The Balaban J connectivity index is 2.28. The number of benzene rings is 1. The molecule has 0 aliphatic rings. The van der Waals surface area contributed by atoms with E-state index in [-0.39, 0.29) is 18.6 Å². The first kappa shape index (κ1) is 15.7. The molecule has 2 atom stereocenters. The highest BCUT2D eigenvalue weighted by atomic mass is 16.5. The van der Waals surface area contributed by atoms with E-state index in [0.29, 0.717) is 13.0 Å². The minimum absolute atomic E-state index is 0.0578. The van der Waals surface area contributed by atoms with E-state index in [0.717, 1.165) is 12.0 Å². The molecule has 0 aromatic heterocycles. The van der Waals surface area contributed by atoms with Crippen molar-refractivity contribution in [3.63, 3.8) is 0 Å². The van der Waals surface area contributed by atoms with Crippen LogP contribution in [0.1, 0.15) is 32.3 Å². The normalized spacial score (nSPS) is 13.8. The fraction of sp³-hybridized carbons (Fsp3) is 0.533. The molecule has 4 nitrogen and oxygen atoms in total. The Morgan fingerprint density at radius 1 is 1.32 bits per heavy atom. The molecule has 4 heteroatoms. The number of carbonyl (C=O) groups is 1. The van der Waals surface area contributed by atoms with Gasteiger partial charge in [-0.05, 0) is 32.3 Å². The number of aliphatic hydroxyl groups excluding tert-OH is 1. The summed E-state index contributed by atoms with van der Waals surface area (Å²) in [6.45, 7) is 4.26. The molecule has 0 radical (unpaired) electrons. The summed E-state index contributed by atoms with van der Waals surface area (Å²) >= 11 is 0. The van der Waals surface area contributed by atoms with E-state index in [1.807, 2.05) is 37.3 Å². The van der Waals surface area contributed by atoms with E-state index >= 15 is 0 Å². The SMILES string of the molecule is CC(CCCO)NC(=O)C(C)OCc1ccccc1. The Morgan fingerprint density at radius 3 is 2.63 bits per heavy atom. The van der Waals surface area contributed by atoms with Gasteiger partial charge < -0.3 is 15.2 Å². The topological polar surface area (TPSA) is 58.6 Å². The van der Waals surface area contributed by atoms with Gasteiger partial charge in [-0.2, -0.15) is 0 Å². The quantitative estimate of drug-likeness (QED) is 0.754. The van der Waals surface area contributed by atoms with Crippen LogP contribution in [0.15, 0.2) is 30.3 Å². The highest BCUT2D eigenvalue weighted by Crippen LogP contribution is 2.04. The summed E-state index contributed by atoms with van der Waals surface area (Å²) < 4.78 is 5.53. The third kappa shape index (κ3) is 6.36. The molecule has 0 spiro atoms. The molecule has 0 saturated heterocycles. The molecule has 0 heterocycles. The molecule has 2 N–H and O–H groups in total. The molecule has 0 fully saturated rings. The predicted octanol–water partition coefficient (Wildman–Crippen LogP) is 1.87. The van der Waals surface area contributed by atoms with Crippen molar-refractivity contribution < 1.29 is 14.6 Å². The molecule has 1 aromatic rings. The van der Waals surface area contributed by atoms with Crippen LogP contribution < -0.4 is 5.32 Å². The summed E-state index contributed by atoms with van der Waals surface area (Å²) in [6, 6.07) is 9.83. The van der Waals surface area contributed by atoms with Crippen molar-refractivity contribution in [1.29, 1.82) is 0 Å². The number of carbonyl (C=O) groups excluding carboxylic acids is 1. The van der Waals surface area contributed by atoms with E-state index < -0.39 is 6.10 Å². The van der Waals surface area contributed by atoms with Crippen LogP contribution in [0.5, 0.6) is 0 Å². The van der Waals surface area contributed by atoms with Crippen molar-refractivity contribution in [2.45, 2.75) is 45.4 Å². The van der Waals surface area contributed by atoms with Crippen LogP contribution in [0.3, 0.4) is 0 Å². The maximum Gasteiger partial charge on any atom is 0.249 e. The largest absolute Gasteiger partial charge is 0.396 e. The van der Waals surface area contributed by atoms with Gasteiger partial charge in [0.05, 0.1) is 6.61 Å². The Bertz CT molecular complexity index is 367. The zero-order valence-corrected chi connectivity index (χ0v) is 11.6. The number of ether oxygens (including phenoxy) is 1. The van der Waals surface area contributed by atoms with Crippen LogP contribution in [0.4, 0.5) is 0 Å². The van der Waals surface area contributed by atoms with Crippen LogP contribution in [-0.4, -0.2) is 29.8 Å². The van der Waals surface area contributed by atoms with Gasteiger partial charge in [-0.3, -0.25) is 4.79 Å². The van der Waals surface area contributed by atoms with Crippen molar-refractivity contribution in [3.05, 3.63) is 35.9 Å². The Kier molecular flexibility index (Phi) is 7.15. The van der Waals surface area contributed by atoms with Gasteiger partial charge in [-0.25, -0.2) is 0 Å². The second-order valence-corrected chi connectivity index (χ2v) is 4.71. The van der Waals surface area contributed by atoms with Gasteiger partial charge in [-0.15, -0.1) is 0 Å². The maximum atomic E-state index is 11.8. The zero-order chi connectivity index (χ0) is 14.1. The fourth-order valence-electron chi connectivity index (χ4n) is 1.70. The highest BCUT2D eigenvalue weighted by molar-refractivity contribution is 5.80. The molecular weight excluding hydrogens is 242 g/mol. The minimum Gasteiger partial charge on any atom is -0.396 e. The molecular formula is C15H23NO3. The second kappa shape index (κ2) is 8.67. The van der Waals surface area contributed by atoms with E-state index in [9.17, 15) is 4.79 Å². The highest BCUT2D eigenvalue weighted by Gasteiger charge is 2.15. The van der Waals surface area contributed by atoms with Crippen LogP contribution in [-0.2, 0) is 16.1 Å². The summed E-state index contributed by atoms with van der Waals surface area (Å²) in [6.07, 6.45) is 0.991.